The smallest absolute Gasteiger partial charge is 0.119 e. The first-order valence-electron chi connectivity index (χ1n) is 5.27. The predicted molar refractivity (Wildman–Crippen MR) is 57.3 cm³/mol. The number of hydrogen-bond donors (Lipinski definition) is 1. The summed E-state index contributed by atoms with van der Waals surface area (Å²) in [5.74, 6) is 0.932. The molecule has 2 nitrogen and oxygen atoms in total. The van der Waals surface area contributed by atoms with E-state index < -0.39 is 0 Å². The molecule has 0 aromatic heterocycles. The van der Waals surface area contributed by atoms with Crippen LogP contribution in [0.3, 0.4) is 0 Å². The summed E-state index contributed by atoms with van der Waals surface area (Å²) in [6.45, 7) is 2.70. The van der Waals surface area contributed by atoms with Crippen molar-refractivity contribution in [1.82, 2.24) is 0 Å². The Morgan fingerprint density at radius 3 is 2.79 bits per heavy atom. The lowest BCUT2D eigenvalue weighted by atomic mass is 9.73. The summed E-state index contributed by atoms with van der Waals surface area (Å²) in [6, 6.07) is 8.17. The third kappa shape index (κ3) is 1.62. The Hall–Kier alpha value is -1.02. The van der Waals surface area contributed by atoms with Crippen molar-refractivity contribution in [2.45, 2.75) is 31.7 Å². The van der Waals surface area contributed by atoms with Crippen molar-refractivity contribution in [2.24, 2.45) is 5.73 Å². The fourth-order valence-corrected chi connectivity index (χ4v) is 1.91. The molecule has 1 aromatic rings. The number of hydrogen-bond acceptors (Lipinski definition) is 2. The molecule has 0 spiro atoms. The van der Waals surface area contributed by atoms with Crippen molar-refractivity contribution < 1.29 is 4.74 Å². The molecule has 1 aliphatic carbocycles. The second-order valence-corrected chi connectivity index (χ2v) is 3.97. The molecular weight excluding hydrogens is 174 g/mol. The highest BCUT2D eigenvalue weighted by Crippen LogP contribution is 2.39. The topological polar surface area (TPSA) is 35.2 Å². The van der Waals surface area contributed by atoms with Gasteiger partial charge < -0.3 is 10.5 Å². The molecule has 2 rings (SSSR count). The van der Waals surface area contributed by atoms with Gasteiger partial charge in [0.1, 0.15) is 5.75 Å². The van der Waals surface area contributed by atoms with Gasteiger partial charge in [0, 0.05) is 5.54 Å². The van der Waals surface area contributed by atoms with Crippen LogP contribution in [0.4, 0.5) is 0 Å². The summed E-state index contributed by atoms with van der Waals surface area (Å²) in [6.07, 6.45) is 3.44. The van der Waals surface area contributed by atoms with Gasteiger partial charge in [-0.3, -0.25) is 0 Å². The predicted octanol–water partition coefficient (Wildman–Crippen LogP) is 2.42. The van der Waals surface area contributed by atoms with Crippen molar-refractivity contribution in [1.29, 1.82) is 0 Å². The largest absolute Gasteiger partial charge is 0.494 e. The molecule has 14 heavy (non-hydrogen) atoms. The average Bonchev–Trinajstić information content (AvgIpc) is 2.15. The highest BCUT2D eigenvalue weighted by molar-refractivity contribution is 5.34. The minimum Gasteiger partial charge on any atom is -0.494 e. The fraction of sp³-hybridized carbons (Fsp3) is 0.500. The first-order valence-corrected chi connectivity index (χ1v) is 5.27. The Morgan fingerprint density at radius 2 is 2.21 bits per heavy atom. The second-order valence-electron chi connectivity index (χ2n) is 3.97. The van der Waals surface area contributed by atoms with Gasteiger partial charge in [-0.1, -0.05) is 12.1 Å². The van der Waals surface area contributed by atoms with Gasteiger partial charge in [-0.25, -0.2) is 0 Å². The third-order valence-electron chi connectivity index (χ3n) is 2.97. The average molecular weight is 191 g/mol. The monoisotopic (exact) mass is 191 g/mol. The van der Waals surface area contributed by atoms with Gasteiger partial charge in [-0.2, -0.15) is 0 Å². The van der Waals surface area contributed by atoms with Crippen molar-refractivity contribution in [3.05, 3.63) is 29.8 Å². The quantitative estimate of drug-likeness (QED) is 0.796. The lowest BCUT2D eigenvalue weighted by Gasteiger charge is -2.38. The Labute approximate surface area is 85.1 Å². The Kier molecular flexibility index (Phi) is 2.46. The van der Waals surface area contributed by atoms with Crippen LogP contribution in [-0.4, -0.2) is 6.61 Å². The molecule has 0 aliphatic heterocycles. The molecule has 0 unspecified atom stereocenters. The maximum absolute atomic E-state index is 6.23. The molecule has 0 atom stereocenters. The Balaban J connectivity index is 2.21. The zero-order valence-electron chi connectivity index (χ0n) is 8.62. The van der Waals surface area contributed by atoms with Crippen LogP contribution >= 0.6 is 0 Å². The molecular formula is C12H17NO. The van der Waals surface area contributed by atoms with Gasteiger partial charge in [0.15, 0.2) is 0 Å². The minimum atomic E-state index is -0.0763. The second kappa shape index (κ2) is 3.62. The molecule has 1 aliphatic rings. The van der Waals surface area contributed by atoms with Gasteiger partial charge in [0.25, 0.3) is 0 Å². The summed E-state index contributed by atoms with van der Waals surface area (Å²) in [7, 11) is 0. The standard InChI is InChI=1S/C12H17NO/c1-2-14-11-6-3-5-10(9-11)12(13)7-4-8-12/h3,5-6,9H,2,4,7-8,13H2,1H3. The number of benzene rings is 1. The first-order chi connectivity index (χ1) is 6.74. The molecule has 1 fully saturated rings. The van der Waals surface area contributed by atoms with E-state index in [1.165, 1.54) is 12.0 Å². The number of rotatable bonds is 3. The van der Waals surface area contributed by atoms with E-state index >= 15 is 0 Å². The number of nitrogens with two attached hydrogens (primary N) is 1. The molecule has 0 saturated heterocycles. The summed E-state index contributed by atoms with van der Waals surface area (Å²) in [5.41, 5.74) is 7.37. The SMILES string of the molecule is CCOc1cccc(C2(N)CCC2)c1. The molecule has 0 amide bonds. The Bertz CT molecular complexity index is 318. The van der Waals surface area contributed by atoms with Crippen molar-refractivity contribution in [3.63, 3.8) is 0 Å². The molecule has 0 heterocycles. The fourth-order valence-electron chi connectivity index (χ4n) is 1.91. The summed E-state index contributed by atoms with van der Waals surface area (Å²) < 4.78 is 5.45. The van der Waals surface area contributed by atoms with E-state index in [1.807, 2.05) is 19.1 Å². The maximum Gasteiger partial charge on any atom is 0.119 e. The molecule has 0 radical (unpaired) electrons. The maximum atomic E-state index is 6.23. The van der Waals surface area contributed by atoms with Gasteiger partial charge in [-0.15, -0.1) is 0 Å². The van der Waals surface area contributed by atoms with E-state index in [2.05, 4.69) is 12.1 Å². The van der Waals surface area contributed by atoms with Crippen LogP contribution in [0.2, 0.25) is 0 Å². The summed E-state index contributed by atoms with van der Waals surface area (Å²) >= 11 is 0. The minimum absolute atomic E-state index is 0.0763. The molecule has 2 heteroatoms. The van der Waals surface area contributed by atoms with Gasteiger partial charge in [-0.05, 0) is 43.9 Å². The van der Waals surface area contributed by atoms with E-state index in [9.17, 15) is 0 Å². The van der Waals surface area contributed by atoms with Crippen LogP contribution in [0.1, 0.15) is 31.7 Å². The van der Waals surface area contributed by atoms with Crippen molar-refractivity contribution in [3.8, 4) is 5.75 Å². The highest BCUT2D eigenvalue weighted by Gasteiger charge is 2.34. The van der Waals surface area contributed by atoms with Crippen LogP contribution in [0.5, 0.6) is 5.75 Å². The molecule has 1 saturated carbocycles. The molecule has 0 bridgehead atoms. The Morgan fingerprint density at radius 1 is 1.43 bits per heavy atom. The van der Waals surface area contributed by atoms with E-state index in [4.69, 9.17) is 10.5 Å². The first kappa shape index (κ1) is 9.53. The van der Waals surface area contributed by atoms with Gasteiger partial charge >= 0.3 is 0 Å². The van der Waals surface area contributed by atoms with Gasteiger partial charge in [0.05, 0.1) is 6.61 Å². The molecule has 76 valence electrons. The van der Waals surface area contributed by atoms with E-state index in [1.54, 1.807) is 0 Å². The van der Waals surface area contributed by atoms with Gasteiger partial charge in [0.2, 0.25) is 0 Å². The molecule has 2 N–H and O–H groups in total. The lowest BCUT2D eigenvalue weighted by molar-refractivity contribution is 0.252. The normalized spacial score (nSPS) is 18.7. The zero-order chi connectivity index (χ0) is 10.0. The van der Waals surface area contributed by atoms with Crippen LogP contribution in [0.25, 0.3) is 0 Å². The van der Waals surface area contributed by atoms with Crippen LogP contribution in [-0.2, 0) is 5.54 Å². The van der Waals surface area contributed by atoms with Crippen LogP contribution < -0.4 is 10.5 Å². The van der Waals surface area contributed by atoms with Crippen molar-refractivity contribution >= 4 is 0 Å². The van der Waals surface area contributed by atoms with E-state index in [0.29, 0.717) is 6.61 Å². The van der Waals surface area contributed by atoms with Crippen LogP contribution in [0.15, 0.2) is 24.3 Å². The van der Waals surface area contributed by atoms with Crippen molar-refractivity contribution in [2.75, 3.05) is 6.61 Å². The third-order valence-corrected chi connectivity index (χ3v) is 2.97. The zero-order valence-corrected chi connectivity index (χ0v) is 8.62. The van der Waals surface area contributed by atoms with Crippen LogP contribution in [0, 0.1) is 0 Å². The number of ether oxygens (including phenoxy) is 1. The molecule has 1 aromatic carbocycles. The summed E-state index contributed by atoms with van der Waals surface area (Å²) in [4.78, 5) is 0. The lowest BCUT2D eigenvalue weighted by Crippen LogP contribution is -2.43. The highest BCUT2D eigenvalue weighted by atomic mass is 16.5. The van der Waals surface area contributed by atoms with E-state index in [0.717, 1.165) is 18.6 Å². The van der Waals surface area contributed by atoms with E-state index in [-0.39, 0.29) is 5.54 Å². The summed E-state index contributed by atoms with van der Waals surface area (Å²) in [5, 5.41) is 0.